The molecule has 0 radical (unpaired) electrons. The minimum absolute atomic E-state index is 0.0626. The first kappa shape index (κ1) is 18.2. The lowest BCUT2D eigenvalue weighted by Gasteiger charge is -2.25. The van der Waals surface area contributed by atoms with Crippen LogP contribution in [0.2, 0.25) is 0 Å². The molecule has 0 fully saturated rings. The third kappa shape index (κ3) is 3.95. The Kier molecular flexibility index (Phi) is 5.39. The second kappa shape index (κ2) is 7.72. The predicted octanol–water partition coefficient (Wildman–Crippen LogP) is 2.92. The molecule has 1 unspecified atom stereocenters. The van der Waals surface area contributed by atoms with Gasteiger partial charge in [0.05, 0.1) is 23.4 Å². The Morgan fingerprint density at radius 3 is 2.65 bits per heavy atom. The molecule has 1 aromatic heterocycles. The molecule has 1 atom stereocenters. The summed E-state index contributed by atoms with van der Waals surface area (Å²) in [4.78, 5) is 18.8. The highest BCUT2D eigenvalue weighted by Gasteiger charge is 2.16. The van der Waals surface area contributed by atoms with Gasteiger partial charge in [-0.15, -0.1) is 0 Å². The summed E-state index contributed by atoms with van der Waals surface area (Å²) in [5.74, 6) is 0.701. The summed E-state index contributed by atoms with van der Waals surface area (Å²) in [6, 6.07) is 13.4. The number of nitrogen functional groups attached to an aromatic ring is 1. The van der Waals surface area contributed by atoms with Gasteiger partial charge in [-0.25, -0.2) is 4.98 Å². The van der Waals surface area contributed by atoms with Gasteiger partial charge in [-0.1, -0.05) is 23.5 Å². The standard InChI is InChI=1S/C19H22N4O2S/c1-23(2)16(12-4-7-14(25-3)8-5-12)11-21-18(24)13-6-9-15-17(10-13)26-19(20)22-15/h4-10,16H,11H2,1-3H3,(H2,20,22)(H,21,24). The Morgan fingerprint density at radius 2 is 2.00 bits per heavy atom. The van der Waals surface area contributed by atoms with E-state index in [1.807, 2.05) is 50.5 Å². The fourth-order valence-electron chi connectivity index (χ4n) is 2.80. The highest BCUT2D eigenvalue weighted by atomic mass is 32.1. The number of hydrogen-bond donors (Lipinski definition) is 2. The summed E-state index contributed by atoms with van der Waals surface area (Å²) in [5.41, 5.74) is 8.26. The van der Waals surface area contributed by atoms with Crippen molar-refractivity contribution in [1.82, 2.24) is 15.2 Å². The van der Waals surface area contributed by atoms with Crippen LogP contribution in [0, 0.1) is 0 Å². The molecular formula is C19H22N4O2S. The van der Waals surface area contributed by atoms with Crippen LogP contribution < -0.4 is 15.8 Å². The van der Waals surface area contributed by atoms with Gasteiger partial charge in [0.2, 0.25) is 0 Å². The molecule has 0 saturated heterocycles. The van der Waals surface area contributed by atoms with Crippen molar-refractivity contribution in [2.75, 3.05) is 33.5 Å². The molecule has 0 bridgehead atoms. The number of anilines is 1. The van der Waals surface area contributed by atoms with Gasteiger partial charge in [0.1, 0.15) is 5.75 Å². The molecular weight excluding hydrogens is 348 g/mol. The minimum atomic E-state index is -0.112. The summed E-state index contributed by atoms with van der Waals surface area (Å²) in [7, 11) is 5.63. The number of rotatable bonds is 6. The third-order valence-electron chi connectivity index (χ3n) is 4.25. The number of benzene rings is 2. The van der Waals surface area contributed by atoms with Gasteiger partial charge in [0.25, 0.3) is 5.91 Å². The molecule has 1 heterocycles. The van der Waals surface area contributed by atoms with E-state index in [0.29, 0.717) is 17.2 Å². The Morgan fingerprint density at radius 1 is 1.27 bits per heavy atom. The van der Waals surface area contributed by atoms with Crippen molar-refractivity contribution in [1.29, 1.82) is 0 Å². The molecule has 0 aliphatic heterocycles. The van der Waals surface area contributed by atoms with Gasteiger partial charge >= 0.3 is 0 Å². The first-order chi connectivity index (χ1) is 12.5. The summed E-state index contributed by atoms with van der Waals surface area (Å²) >= 11 is 1.38. The van der Waals surface area contributed by atoms with Gasteiger partial charge in [-0.05, 0) is 50.0 Å². The number of likely N-dealkylation sites (N-methyl/N-ethyl adjacent to an activating group) is 1. The second-order valence-corrected chi connectivity index (χ2v) is 7.26. The zero-order valence-electron chi connectivity index (χ0n) is 15.0. The normalized spacial score (nSPS) is 12.3. The Balaban J connectivity index is 1.71. The number of hydrogen-bond acceptors (Lipinski definition) is 6. The lowest BCUT2D eigenvalue weighted by Crippen LogP contribution is -2.34. The van der Waals surface area contributed by atoms with Crippen LogP contribution in [-0.4, -0.2) is 43.5 Å². The fourth-order valence-corrected chi connectivity index (χ4v) is 3.57. The zero-order chi connectivity index (χ0) is 18.7. The van der Waals surface area contributed by atoms with Crippen LogP contribution in [0.4, 0.5) is 5.13 Å². The molecule has 0 saturated carbocycles. The highest BCUT2D eigenvalue weighted by molar-refractivity contribution is 7.22. The van der Waals surface area contributed by atoms with Crippen LogP contribution in [0.25, 0.3) is 10.2 Å². The molecule has 26 heavy (non-hydrogen) atoms. The number of nitrogens with zero attached hydrogens (tertiary/aromatic N) is 2. The van der Waals surface area contributed by atoms with Gasteiger partial charge < -0.3 is 20.7 Å². The lowest BCUT2D eigenvalue weighted by molar-refractivity contribution is 0.0942. The lowest BCUT2D eigenvalue weighted by atomic mass is 10.1. The number of aromatic nitrogens is 1. The van der Waals surface area contributed by atoms with E-state index in [-0.39, 0.29) is 11.9 Å². The zero-order valence-corrected chi connectivity index (χ0v) is 15.8. The average molecular weight is 370 g/mol. The van der Waals surface area contributed by atoms with Crippen molar-refractivity contribution in [3.05, 3.63) is 53.6 Å². The number of fused-ring (bicyclic) bond motifs is 1. The van der Waals surface area contributed by atoms with Crippen molar-refractivity contribution in [2.45, 2.75) is 6.04 Å². The first-order valence-corrected chi connectivity index (χ1v) is 9.04. The number of carbonyl (C=O) groups excluding carboxylic acids is 1. The Hall–Kier alpha value is -2.64. The van der Waals surface area contributed by atoms with Crippen LogP contribution >= 0.6 is 11.3 Å². The quantitative estimate of drug-likeness (QED) is 0.697. The largest absolute Gasteiger partial charge is 0.497 e. The van der Waals surface area contributed by atoms with Crippen molar-refractivity contribution in [2.24, 2.45) is 0 Å². The van der Waals surface area contributed by atoms with E-state index in [0.717, 1.165) is 21.5 Å². The summed E-state index contributed by atoms with van der Waals surface area (Å²) in [6.07, 6.45) is 0. The van der Waals surface area contributed by atoms with E-state index < -0.39 is 0 Å². The average Bonchev–Trinajstić information content (AvgIpc) is 3.01. The van der Waals surface area contributed by atoms with Crippen molar-refractivity contribution < 1.29 is 9.53 Å². The number of amides is 1. The smallest absolute Gasteiger partial charge is 0.251 e. The number of nitrogens with one attached hydrogen (secondary N) is 1. The molecule has 0 aliphatic rings. The van der Waals surface area contributed by atoms with Gasteiger partial charge in [-0.3, -0.25) is 4.79 Å². The Labute approximate surface area is 156 Å². The van der Waals surface area contributed by atoms with E-state index in [2.05, 4.69) is 15.2 Å². The molecule has 2 aromatic carbocycles. The maximum Gasteiger partial charge on any atom is 0.251 e. The first-order valence-electron chi connectivity index (χ1n) is 8.22. The molecule has 3 N–H and O–H groups in total. The van der Waals surface area contributed by atoms with E-state index in [9.17, 15) is 4.79 Å². The van der Waals surface area contributed by atoms with Gasteiger partial charge in [0, 0.05) is 12.1 Å². The fraction of sp³-hybridized carbons (Fsp3) is 0.263. The van der Waals surface area contributed by atoms with E-state index >= 15 is 0 Å². The maximum atomic E-state index is 12.6. The van der Waals surface area contributed by atoms with Crippen molar-refractivity contribution in [3.8, 4) is 5.75 Å². The molecule has 7 heteroatoms. The van der Waals surface area contributed by atoms with E-state index in [4.69, 9.17) is 10.5 Å². The van der Waals surface area contributed by atoms with E-state index in [1.54, 1.807) is 13.2 Å². The van der Waals surface area contributed by atoms with Crippen LogP contribution in [0.3, 0.4) is 0 Å². The molecule has 3 rings (SSSR count). The number of ether oxygens (including phenoxy) is 1. The summed E-state index contributed by atoms with van der Waals surface area (Å²) in [5, 5.41) is 3.52. The molecule has 136 valence electrons. The summed E-state index contributed by atoms with van der Waals surface area (Å²) in [6.45, 7) is 0.501. The maximum absolute atomic E-state index is 12.6. The second-order valence-electron chi connectivity index (χ2n) is 6.20. The van der Waals surface area contributed by atoms with Gasteiger partial charge in [-0.2, -0.15) is 0 Å². The van der Waals surface area contributed by atoms with Crippen LogP contribution in [0.5, 0.6) is 5.75 Å². The van der Waals surface area contributed by atoms with E-state index in [1.165, 1.54) is 11.3 Å². The minimum Gasteiger partial charge on any atom is -0.497 e. The monoisotopic (exact) mass is 370 g/mol. The topological polar surface area (TPSA) is 80.5 Å². The van der Waals surface area contributed by atoms with Gasteiger partial charge in [0.15, 0.2) is 5.13 Å². The number of nitrogens with two attached hydrogens (primary N) is 1. The van der Waals surface area contributed by atoms with Crippen molar-refractivity contribution in [3.63, 3.8) is 0 Å². The SMILES string of the molecule is COc1ccc(C(CNC(=O)c2ccc3nc(N)sc3c2)N(C)C)cc1. The predicted molar refractivity (Wildman–Crippen MR) is 106 cm³/mol. The highest BCUT2D eigenvalue weighted by Crippen LogP contribution is 2.25. The molecule has 6 nitrogen and oxygen atoms in total. The van der Waals surface area contributed by atoms with Crippen LogP contribution in [0.1, 0.15) is 22.0 Å². The summed E-state index contributed by atoms with van der Waals surface area (Å²) < 4.78 is 6.12. The number of thiazole rings is 1. The molecule has 0 aliphatic carbocycles. The van der Waals surface area contributed by atoms with Crippen LogP contribution in [0.15, 0.2) is 42.5 Å². The number of methoxy groups -OCH3 is 1. The molecule has 1 amide bonds. The third-order valence-corrected chi connectivity index (χ3v) is 5.09. The molecule has 3 aromatic rings. The number of carbonyl (C=O) groups is 1. The van der Waals surface area contributed by atoms with Crippen molar-refractivity contribution >= 4 is 32.6 Å². The van der Waals surface area contributed by atoms with Crippen LogP contribution in [-0.2, 0) is 0 Å². The Bertz CT molecular complexity index is 906. The molecule has 0 spiro atoms.